The van der Waals surface area contributed by atoms with Crippen molar-refractivity contribution in [2.45, 2.75) is 43.1 Å². The van der Waals surface area contributed by atoms with E-state index in [1.807, 2.05) is 17.2 Å². The van der Waals surface area contributed by atoms with E-state index in [4.69, 9.17) is 4.74 Å². The average Bonchev–Trinajstić information content (AvgIpc) is 3.30. The largest absolute Gasteiger partial charge is 0.368 e. The maximum Gasteiger partial charge on any atom is 0.249 e. The molecule has 2 saturated heterocycles. The van der Waals surface area contributed by atoms with Crippen LogP contribution in [0.5, 0.6) is 0 Å². The molecule has 1 aromatic rings. The van der Waals surface area contributed by atoms with Gasteiger partial charge in [-0.15, -0.1) is 11.3 Å². The smallest absolute Gasteiger partial charge is 0.249 e. The van der Waals surface area contributed by atoms with E-state index in [0.717, 1.165) is 48.8 Å². The maximum absolute atomic E-state index is 12.3. The fourth-order valence-electron chi connectivity index (χ4n) is 3.14. The maximum atomic E-state index is 12.3. The van der Waals surface area contributed by atoms with Crippen LogP contribution in [0.2, 0.25) is 0 Å². The number of aromatic nitrogens is 1. The molecule has 0 aromatic carbocycles. The molecule has 8 heteroatoms. The summed E-state index contributed by atoms with van der Waals surface area (Å²) in [6.07, 6.45) is 3.43. The van der Waals surface area contributed by atoms with Crippen molar-refractivity contribution in [1.82, 2.24) is 15.2 Å². The van der Waals surface area contributed by atoms with Crippen molar-refractivity contribution in [2.75, 3.05) is 32.0 Å². The van der Waals surface area contributed by atoms with Gasteiger partial charge in [0.1, 0.15) is 6.10 Å². The molecule has 1 atom stereocenters. The Labute approximate surface area is 156 Å². The molecule has 2 amide bonds. The van der Waals surface area contributed by atoms with Gasteiger partial charge in [-0.3, -0.25) is 9.59 Å². The minimum atomic E-state index is -0.256. The number of aryl methyl sites for hydroxylation is 1. The summed E-state index contributed by atoms with van der Waals surface area (Å²) in [7, 11) is 0. The molecule has 1 unspecified atom stereocenters. The van der Waals surface area contributed by atoms with Crippen LogP contribution in [-0.2, 0) is 14.3 Å². The third kappa shape index (κ3) is 5.43. The van der Waals surface area contributed by atoms with Crippen molar-refractivity contribution < 1.29 is 14.3 Å². The molecule has 0 aliphatic carbocycles. The molecule has 2 aliphatic heterocycles. The van der Waals surface area contributed by atoms with Crippen LogP contribution in [-0.4, -0.2) is 59.8 Å². The van der Waals surface area contributed by atoms with Gasteiger partial charge in [0.25, 0.3) is 0 Å². The molecule has 1 N–H and O–H groups in total. The predicted octanol–water partition coefficient (Wildman–Crippen LogP) is 2.08. The van der Waals surface area contributed by atoms with Crippen molar-refractivity contribution in [1.29, 1.82) is 0 Å². The van der Waals surface area contributed by atoms with E-state index in [1.165, 1.54) is 11.8 Å². The molecule has 3 rings (SSSR count). The lowest BCUT2D eigenvalue weighted by atomic mass is 9.96. The molecule has 2 aliphatic rings. The van der Waals surface area contributed by atoms with Crippen molar-refractivity contribution in [3.63, 3.8) is 0 Å². The Balaban J connectivity index is 1.33. The van der Waals surface area contributed by atoms with Crippen molar-refractivity contribution in [3.05, 3.63) is 11.1 Å². The second-order valence-corrected chi connectivity index (χ2v) is 8.70. The number of ether oxygens (including phenoxy) is 1. The highest BCUT2D eigenvalue weighted by Crippen LogP contribution is 2.24. The topological polar surface area (TPSA) is 71.5 Å². The summed E-state index contributed by atoms with van der Waals surface area (Å²) < 4.78 is 6.35. The number of carbonyl (C=O) groups excluding carboxylic acids is 2. The highest BCUT2D eigenvalue weighted by Gasteiger charge is 2.26. The Morgan fingerprint density at radius 2 is 2.20 bits per heavy atom. The monoisotopic (exact) mass is 383 g/mol. The molecular formula is C17H25N3O3S2. The molecule has 0 spiro atoms. The Hall–Kier alpha value is -1.12. The number of hydrogen-bond donors (Lipinski definition) is 1. The van der Waals surface area contributed by atoms with Gasteiger partial charge in [-0.2, -0.15) is 0 Å². The van der Waals surface area contributed by atoms with Gasteiger partial charge >= 0.3 is 0 Å². The van der Waals surface area contributed by atoms with Gasteiger partial charge in [0.2, 0.25) is 11.8 Å². The van der Waals surface area contributed by atoms with E-state index in [-0.39, 0.29) is 17.9 Å². The van der Waals surface area contributed by atoms with Crippen LogP contribution in [0.15, 0.2) is 9.72 Å². The van der Waals surface area contributed by atoms with Gasteiger partial charge in [0.05, 0.1) is 5.75 Å². The van der Waals surface area contributed by atoms with Gasteiger partial charge < -0.3 is 15.0 Å². The van der Waals surface area contributed by atoms with Crippen LogP contribution in [0.25, 0.3) is 0 Å². The molecule has 138 valence electrons. The van der Waals surface area contributed by atoms with Crippen molar-refractivity contribution in [3.8, 4) is 0 Å². The van der Waals surface area contributed by atoms with Crippen molar-refractivity contribution >= 4 is 34.9 Å². The fourth-order valence-corrected chi connectivity index (χ4v) is 4.90. The van der Waals surface area contributed by atoms with Crippen molar-refractivity contribution in [2.24, 2.45) is 5.92 Å². The zero-order valence-corrected chi connectivity index (χ0v) is 16.2. The number of amides is 2. The summed E-state index contributed by atoms with van der Waals surface area (Å²) in [5, 5.41) is 5.01. The number of nitrogens with one attached hydrogen (secondary N) is 1. The van der Waals surface area contributed by atoms with Crippen LogP contribution in [0.1, 0.15) is 31.4 Å². The number of carbonyl (C=O) groups is 2. The summed E-state index contributed by atoms with van der Waals surface area (Å²) in [6.45, 7) is 4.89. The van der Waals surface area contributed by atoms with Gasteiger partial charge in [0, 0.05) is 37.3 Å². The van der Waals surface area contributed by atoms with Gasteiger partial charge in [-0.05, 0) is 38.5 Å². The summed E-state index contributed by atoms with van der Waals surface area (Å²) in [4.78, 5) is 30.6. The second kappa shape index (κ2) is 9.00. The Kier molecular flexibility index (Phi) is 6.72. The van der Waals surface area contributed by atoms with Crippen LogP contribution in [0.3, 0.4) is 0 Å². The zero-order valence-electron chi connectivity index (χ0n) is 14.5. The van der Waals surface area contributed by atoms with E-state index in [9.17, 15) is 9.59 Å². The SMILES string of the molecule is Cc1csc(SCC(=O)N2CCC(CNC(=O)C3CCCO3)CC2)n1. The Bertz CT molecular complexity index is 594. The second-order valence-electron chi connectivity index (χ2n) is 6.61. The molecule has 1 aromatic heterocycles. The number of nitrogens with zero attached hydrogens (tertiary/aromatic N) is 2. The lowest BCUT2D eigenvalue weighted by molar-refractivity contribution is -0.131. The molecular weight excluding hydrogens is 358 g/mol. The number of piperidine rings is 1. The van der Waals surface area contributed by atoms with Gasteiger partial charge in [-0.1, -0.05) is 11.8 Å². The summed E-state index contributed by atoms with van der Waals surface area (Å²) in [6, 6.07) is 0. The van der Waals surface area contributed by atoms with E-state index in [1.54, 1.807) is 11.3 Å². The lowest BCUT2D eigenvalue weighted by Crippen LogP contribution is -2.43. The van der Waals surface area contributed by atoms with Gasteiger partial charge in [-0.25, -0.2) is 4.98 Å². The fraction of sp³-hybridized carbons (Fsp3) is 0.706. The summed E-state index contributed by atoms with van der Waals surface area (Å²) in [5.41, 5.74) is 1.01. The van der Waals surface area contributed by atoms with Crippen LogP contribution >= 0.6 is 23.1 Å². The highest BCUT2D eigenvalue weighted by molar-refractivity contribution is 8.01. The summed E-state index contributed by atoms with van der Waals surface area (Å²) >= 11 is 3.11. The lowest BCUT2D eigenvalue weighted by Gasteiger charge is -2.32. The molecule has 6 nitrogen and oxygen atoms in total. The number of thioether (sulfide) groups is 1. The molecule has 0 bridgehead atoms. The standard InChI is InChI=1S/C17H25N3O3S2/c1-12-10-24-17(19-12)25-11-15(21)20-6-4-13(5-7-20)9-18-16(22)14-3-2-8-23-14/h10,13-14H,2-9,11H2,1H3,(H,18,22). The van der Waals surface area contributed by atoms with Gasteiger partial charge in [0.15, 0.2) is 4.34 Å². The first kappa shape index (κ1) is 18.7. The Morgan fingerprint density at radius 3 is 2.84 bits per heavy atom. The number of thiazole rings is 1. The molecule has 0 saturated carbocycles. The Morgan fingerprint density at radius 1 is 1.40 bits per heavy atom. The quantitative estimate of drug-likeness (QED) is 0.762. The molecule has 2 fully saturated rings. The number of rotatable bonds is 6. The molecule has 0 radical (unpaired) electrons. The van der Waals surface area contributed by atoms with E-state index in [2.05, 4.69) is 10.3 Å². The third-order valence-electron chi connectivity index (χ3n) is 4.67. The first-order valence-corrected chi connectivity index (χ1v) is 10.7. The predicted molar refractivity (Wildman–Crippen MR) is 98.9 cm³/mol. The zero-order chi connectivity index (χ0) is 17.6. The first-order valence-electron chi connectivity index (χ1n) is 8.84. The van der Waals surface area contributed by atoms with Crippen LogP contribution in [0.4, 0.5) is 0 Å². The van der Waals surface area contributed by atoms with E-state index < -0.39 is 0 Å². The highest BCUT2D eigenvalue weighted by atomic mass is 32.2. The van der Waals surface area contributed by atoms with Crippen LogP contribution < -0.4 is 5.32 Å². The van der Waals surface area contributed by atoms with E-state index in [0.29, 0.717) is 24.8 Å². The van der Waals surface area contributed by atoms with E-state index >= 15 is 0 Å². The molecule has 25 heavy (non-hydrogen) atoms. The summed E-state index contributed by atoms with van der Waals surface area (Å²) in [5.74, 6) is 1.10. The third-order valence-corrected chi connectivity index (χ3v) is 6.80. The normalized spacial score (nSPS) is 21.5. The van der Waals surface area contributed by atoms with Crippen LogP contribution in [0, 0.1) is 12.8 Å². The molecule has 3 heterocycles. The first-order chi connectivity index (χ1) is 12.1. The minimum Gasteiger partial charge on any atom is -0.368 e. The number of hydrogen-bond acceptors (Lipinski definition) is 6. The average molecular weight is 384 g/mol. The minimum absolute atomic E-state index is 0.0196. The number of likely N-dealkylation sites (tertiary alicyclic amines) is 1.